The molecular formula is C15H13Br2ClO2. The van der Waals surface area contributed by atoms with E-state index in [0.29, 0.717) is 11.5 Å². The van der Waals surface area contributed by atoms with Gasteiger partial charge in [0.1, 0.15) is 0 Å². The highest BCUT2D eigenvalue weighted by Gasteiger charge is 2.15. The molecule has 0 fully saturated rings. The topological polar surface area (TPSA) is 18.5 Å². The average molecular weight is 421 g/mol. The van der Waals surface area contributed by atoms with Gasteiger partial charge < -0.3 is 9.47 Å². The maximum absolute atomic E-state index is 6.56. The van der Waals surface area contributed by atoms with Crippen molar-refractivity contribution in [2.24, 2.45) is 0 Å². The molecule has 2 aromatic carbocycles. The number of rotatable bonds is 4. The molecule has 0 spiro atoms. The Morgan fingerprint density at radius 2 is 1.45 bits per heavy atom. The van der Waals surface area contributed by atoms with Crippen LogP contribution in [0.5, 0.6) is 11.5 Å². The fourth-order valence-corrected chi connectivity index (χ4v) is 3.52. The van der Waals surface area contributed by atoms with Crippen molar-refractivity contribution in [1.29, 1.82) is 0 Å². The molecule has 0 heterocycles. The van der Waals surface area contributed by atoms with Gasteiger partial charge in [0, 0.05) is 8.95 Å². The summed E-state index contributed by atoms with van der Waals surface area (Å²) in [6.45, 7) is 0. The Bertz CT molecular complexity index is 597. The van der Waals surface area contributed by atoms with E-state index >= 15 is 0 Å². The van der Waals surface area contributed by atoms with Crippen LogP contribution in [0.3, 0.4) is 0 Å². The number of ether oxygens (including phenoxy) is 2. The predicted molar refractivity (Wildman–Crippen MR) is 89.1 cm³/mol. The molecule has 0 amide bonds. The molecule has 20 heavy (non-hydrogen) atoms. The van der Waals surface area contributed by atoms with Gasteiger partial charge in [-0.25, -0.2) is 0 Å². The monoisotopic (exact) mass is 418 g/mol. The Hall–Kier alpha value is -0.710. The third-order valence-electron chi connectivity index (χ3n) is 2.88. The number of hydrogen-bond donors (Lipinski definition) is 0. The number of methoxy groups -OCH3 is 2. The van der Waals surface area contributed by atoms with E-state index in [0.717, 1.165) is 20.1 Å². The van der Waals surface area contributed by atoms with Crippen LogP contribution in [0.25, 0.3) is 0 Å². The molecule has 0 N–H and O–H groups in total. The molecule has 0 radical (unpaired) electrons. The van der Waals surface area contributed by atoms with Crippen molar-refractivity contribution in [1.82, 2.24) is 0 Å². The summed E-state index contributed by atoms with van der Waals surface area (Å²) in [4.78, 5) is 0. The van der Waals surface area contributed by atoms with Crippen LogP contribution in [-0.2, 0) is 0 Å². The molecule has 0 aliphatic rings. The van der Waals surface area contributed by atoms with Crippen LogP contribution < -0.4 is 9.47 Å². The Morgan fingerprint density at radius 3 is 2.00 bits per heavy atom. The van der Waals surface area contributed by atoms with E-state index in [1.165, 1.54) is 0 Å². The molecule has 1 atom stereocenters. The van der Waals surface area contributed by atoms with Gasteiger partial charge in [0.25, 0.3) is 0 Å². The zero-order valence-electron chi connectivity index (χ0n) is 11.0. The quantitative estimate of drug-likeness (QED) is 0.603. The van der Waals surface area contributed by atoms with Gasteiger partial charge in [-0.3, -0.25) is 0 Å². The van der Waals surface area contributed by atoms with Crippen LogP contribution in [0.1, 0.15) is 16.5 Å². The number of hydrogen-bond acceptors (Lipinski definition) is 2. The largest absolute Gasteiger partial charge is 0.493 e. The van der Waals surface area contributed by atoms with Gasteiger partial charge in [0.05, 0.1) is 19.6 Å². The van der Waals surface area contributed by atoms with E-state index in [9.17, 15) is 0 Å². The van der Waals surface area contributed by atoms with Crippen LogP contribution in [0, 0.1) is 0 Å². The Kier molecular flexibility index (Phi) is 5.35. The zero-order chi connectivity index (χ0) is 14.7. The molecule has 0 saturated carbocycles. The molecule has 0 saturated heterocycles. The Morgan fingerprint density at radius 1 is 0.850 bits per heavy atom. The number of alkyl halides is 1. The summed E-state index contributed by atoms with van der Waals surface area (Å²) in [5, 5.41) is -0.261. The zero-order valence-corrected chi connectivity index (χ0v) is 14.9. The molecule has 0 aliphatic heterocycles. The third kappa shape index (κ3) is 3.48. The second-order valence-corrected chi connectivity index (χ2v) is 6.45. The molecule has 0 bridgehead atoms. The molecule has 2 aromatic rings. The second-order valence-electron chi connectivity index (χ2n) is 4.18. The first kappa shape index (κ1) is 15.7. The fraction of sp³-hybridized carbons (Fsp3) is 0.200. The van der Waals surface area contributed by atoms with E-state index < -0.39 is 0 Å². The van der Waals surface area contributed by atoms with Crippen molar-refractivity contribution in [2.75, 3.05) is 14.2 Å². The smallest absolute Gasteiger partial charge is 0.161 e. The minimum Gasteiger partial charge on any atom is -0.493 e. The van der Waals surface area contributed by atoms with Gasteiger partial charge in [-0.2, -0.15) is 0 Å². The highest BCUT2D eigenvalue weighted by Crippen LogP contribution is 2.37. The molecule has 1 unspecified atom stereocenters. The van der Waals surface area contributed by atoms with Crippen LogP contribution in [0.15, 0.2) is 45.3 Å². The summed E-state index contributed by atoms with van der Waals surface area (Å²) in [6.07, 6.45) is 0. The first-order valence-corrected chi connectivity index (χ1v) is 7.89. The minimum atomic E-state index is -0.261. The van der Waals surface area contributed by atoms with E-state index in [2.05, 4.69) is 31.9 Å². The number of benzene rings is 2. The summed E-state index contributed by atoms with van der Waals surface area (Å²) >= 11 is 13.5. The van der Waals surface area contributed by atoms with Gasteiger partial charge in [0.2, 0.25) is 0 Å². The Labute approximate surface area is 140 Å². The summed E-state index contributed by atoms with van der Waals surface area (Å²) in [7, 11) is 3.22. The van der Waals surface area contributed by atoms with Crippen LogP contribution in [0.4, 0.5) is 0 Å². The molecule has 2 nitrogen and oxygen atoms in total. The number of halogens is 3. The maximum Gasteiger partial charge on any atom is 0.161 e. The maximum atomic E-state index is 6.56. The lowest BCUT2D eigenvalue weighted by Gasteiger charge is -2.14. The van der Waals surface area contributed by atoms with Gasteiger partial charge in [0.15, 0.2) is 11.5 Å². The lowest BCUT2D eigenvalue weighted by molar-refractivity contribution is 0.354. The first-order chi connectivity index (χ1) is 9.55. The molecule has 5 heteroatoms. The summed E-state index contributed by atoms with van der Waals surface area (Å²) in [6, 6.07) is 11.7. The highest BCUT2D eigenvalue weighted by molar-refractivity contribution is 9.11. The van der Waals surface area contributed by atoms with Gasteiger partial charge in [-0.15, -0.1) is 11.6 Å². The second kappa shape index (κ2) is 6.83. The van der Waals surface area contributed by atoms with Crippen LogP contribution in [0.2, 0.25) is 0 Å². The van der Waals surface area contributed by atoms with Crippen molar-refractivity contribution >= 4 is 43.5 Å². The molecule has 0 aromatic heterocycles. The summed E-state index contributed by atoms with van der Waals surface area (Å²) < 4.78 is 12.5. The molecule has 0 aliphatic carbocycles. The highest BCUT2D eigenvalue weighted by atomic mass is 79.9. The van der Waals surface area contributed by atoms with Crippen molar-refractivity contribution < 1.29 is 9.47 Å². The van der Waals surface area contributed by atoms with Crippen molar-refractivity contribution in [3.8, 4) is 11.5 Å². The summed E-state index contributed by atoms with van der Waals surface area (Å²) in [5.74, 6) is 1.36. The van der Waals surface area contributed by atoms with Gasteiger partial charge in [-0.1, -0.05) is 37.9 Å². The molecule has 106 valence electrons. The third-order valence-corrected chi connectivity index (χ3v) is 4.30. The lowest BCUT2D eigenvalue weighted by Crippen LogP contribution is -1.96. The Balaban J connectivity index is 2.39. The predicted octanol–water partition coefficient (Wildman–Crippen LogP) is 5.56. The van der Waals surface area contributed by atoms with Crippen molar-refractivity contribution in [2.45, 2.75) is 5.38 Å². The fourth-order valence-electron chi connectivity index (χ4n) is 1.92. The van der Waals surface area contributed by atoms with E-state index in [-0.39, 0.29) is 5.38 Å². The van der Waals surface area contributed by atoms with Crippen molar-refractivity contribution in [3.63, 3.8) is 0 Å². The average Bonchev–Trinajstić information content (AvgIpc) is 2.44. The van der Waals surface area contributed by atoms with Crippen LogP contribution in [-0.4, -0.2) is 14.2 Å². The lowest BCUT2D eigenvalue weighted by atomic mass is 10.0. The first-order valence-electron chi connectivity index (χ1n) is 5.87. The normalized spacial score (nSPS) is 12.1. The SMILES string of the molecule is COc1ccc(C(Cl)c2cc(Br)cc(Br)c2)cc1OC. The molecular weight excluding hydrogens is 407 g/mol. The minimum absolute atomic E-state index is 0.261. The van der Waals surface area contributed by atoms with Crippen molar-refractivity contribution in [3.05, 3.63) is 56.5 Å². The van der Waals surface area contributed by atoms with Gasteiger partial charge >= 0.3 is 0 Å². The standard InChI is InChI=1S/C15H13Br2ClO2/c1-19-13-4-3-9(7-14(13)20-2)15(18)10-5-11(16)8-12(17)6-10/h3-8,15H,1-2H3. The van der Waals surface area contributed by atoms with E-state index in [1.807, 2.05) is 36.4 Å². The van der Waals surface area contributed by atoms with E-state index in [4.69, 9.17) is 21.1 Å². The summed E-state index contributed by atoms with van der Waals surface area (Å²) in [5.41, 5.74) is 1.95. The van der Waals surface area contributed by atoms with Crippen LogP contribution >= 0.6 is 43.5 Å². The molecule has 2 rings (SSSR count). The van der Waals surface area contributed by atoms with E-state index in [1.54, 1.807) is 14.2 Å². The van der Waals surface area contributed by atoms with Gasteiger partial charge in [-0.05, 0) is 41.5 Å².